The van der Waals surface area contributed by atoms with Crippen molar-refractivity contribution in [3.05, 3.63) is 52.3 Å². The maximum absolute atomic E-state index is 12.4. The molecule has 0 radical (unpaired) electrons. The van der Waals surface area contributed by atoms with Crippen LogP contribution in [0.25, 0.3) is 0 Å². The van der Waals surface area contributed by atoms with Crippen molar-refractivity contribution in [3.63, 3.8) is 0 Å². The van der Waals surface area contributed by atoms with Crippen LogP contribution >= 0.6 is 0 Å². The Morgan fingerprint density at radius 1 is 0.962 bits per heavy atom. The van der Waals surface area contributed by atoms with Crippen molar-refractivity contribution in [2.45, 2.75) is 47.6 Å². The maximum atomic E-state index is 12.4. The monoisotopic (exact) mass is 357 g/mol. The largest absolute Gasteiger partial charge is 0.482 e. The number of nitrogens with zero attached hydrogens (tertiary/aromatic N) is 1. The molecule has 140 valence electrons. The summed E-state index contributed by atoms with van der Waals surface area (Å²) >= 11 is 0. The van der Waals surface area contributed by atoms with E-state index < -0.39 is 5.97 Å². The zero-order valence-corrected chi connectivity index (χ0v) is 16.4. The lowest BCUT2D eigenvalue weighted by molar-refractivity contribution is -0.144. The summed E-state index contributed by atoms with van der Waals surface area (Å²) in [6, 6.07) is 7.85. The summed E-state index contributed by atoms with van der Waals surface area (Å²) < 4.78 is 12.6. The van der Waals surface area contributed by atoms with E-state index in [4.69, 9.17) is 9.47 Å². The van der Waals surface area contributed by atoms with Gasteiger partial charge in [-0.2, -0.15) is 0 Å². The Hall–Kier alpha value is -2.56. The first-order valence-corrected chi connectivity index (χ1v) is 8.77. The molecule has 0 atom stereocenters. The van der Waals surface area contributed by atoms with Gasteiger partial charge in [-0.3, -0.25) is 4.79 Å². The van der Waals surface area contributed by atoms with Crippen LogP contribution in [-0.2, 0) is 9.53 Å². The molecule has 2 aromatic rings. The molecule has 0 aliphatic rings. The molecule has 0 aliphatic carbocycles. The van der Waals surface area contributed by atoms with Crippen LogP contribution in [0.2, 0.25) is 0 Å². The molecule has 26 heavy (non-hydrogen) atoms. The van der Waals surface area contributed by atoms with E-state index >= 15 is 0 Å². The molecule has 0 spiro atoms. The van der Waals surface area contributed by atoms with Crippen molar-refractivity contribution in [2.75, 3.05) is 13.2 Å². The Kier molecular flexibility index (Phi) is 6.24. The molecule has 1 aromatic heterocycles. The predicted octanol–water partition coefficient (Wildman–Crippen LogP) is 4.11. The number of carbonyl (C=O) groups is 2. The third-order valence-corrected chi connectivity index (χ3v) is 4.22. The second-order valence-electron chi connectivity index (χ2n) is 6.94. The van der Waals surface area contributed by atoms with E-state index in [9.17, 15) is 9.59 Å². The number of carbonyl (C=O) groups excluding carboxylic acids is 2. The molecule has 0 unspecified atom stereocenters. The predicted molar refractivity (Wildman–Crippen MR) is 101 cm³/mol. The second kappa shape index (κ2) is 8.21. The van der Waals surface area contributed by atoms with E-state index in [0.29, 0.717) is 11.3 Å². The molecule has 0 saturated carbocycles. The zero-order chi connectivity index (χ0) is 19.4. The van der Waals surface area contributed by atoms with Crippen LogP contribution in [0.3, 0.4) is 0 Å². The number of aromatic nitrogens is 1. The van der Waals surface area contributed by atoms with Gasteiger partial charge in [-0.15, -0.1) is 0 Å². The summed E-state index contributed by atoms with van der Waals surface area (Å²) in [4.78, 5) is 24.3. The van der Waals surface area contributed by atoms with E-state index in [-0.39, 0.29) is 25.0 Å². The molecule has 0 N–H and O–H groups in total. The Morgan fingerprint density at radius 3 is 2.12 bits per heavy atom. The number of hydrogen-bond donors (Lipinski definition) is 0. The number of hydrogen-bond acceptors (Lipinski definition) is 4. The lowest BCUT2D eigenvalue weighted by Gasteiger charge is -2.13. The second-order valence-corrected chi connectivity index (χ2v) is 6.94. The minimum Gasteiger partial charge on any atom is -0.482 e. The van der Waals surface area contributed by atoms with Crippen molar-refractivity contribution < 1.29 is 19.1 Å². The molecule has 5 nitrogen and oxygen atoms in total. The summed E-state index contributed by atoms with van der Waals surface area (Å²) in [5.41, 5.74) is 4.63. The molecule has 0 saturated heterocycles. The van der Waals surface area contributed by atoms with E-state index in [1.54, 1.807) is 0 Å². The van der Waals surface area contributed by atoms with E-state index in [2.05, 4.69) is 18.4 Å². The lowest BCUT2D eigenvalue weighted by Crippen LogP contribution is -2.20. The first kappa shape index (κ1) is 19.8. The average molecular weight is 357 g/mol. The van der Waals surface area contributed by atoms with Gasteiger partial charge in [0.25, 0.3) is 0 Å². The number of ketones is 1. The van der Waals surface area contributed by atoms with E-state index in [1.807, 2.05) is 52.0 Å². The Labute approximate surface area is 154 Å². The van der Waals surface area contributed by atoms with Gasteiger partial charge < -0.3 is 14.0 Å². The summed E-state index contributed by atoms with van der Waals surface area (Å²) in [5.74, 6) is -0.147. The molecular weight excluding hydrogens is 330 g/mol. The average Bonchev–Trinajstić information content (AvgIpc) is 2.84. The molecule has 0 bridgehead atoms. The van der Waals surface area contributed by atoms with Crippen molar-refractivity contribution in [3.8, 4) is 5.75 Å². The Bertz CT molecular complexity index is 797. The van der Waals surface area contributed by atoms with Crippen LogP contribution in [-0.4, -0.2) is 29.5 Å². The Balaban J connectivity index is 1.91. The minimum atomic E-state index is -0.560. The number of esters is 1. The van der Waals surface area contributed by atoms with Crippen molar-refractivity contribution in [1.82, 2.24) is 4.57 Å². The van der Waals surface area contributed by atoms with Crippen molar-refractivity contribution >= 4 is 11.8 Å². The molecule has 5 heteroatoms. The van der Waals surface area contributed by atoms with Gasteiger partial charge in [0.05, 0.1) is 0 Å². The van der Waals surface area contributed by atoms with Crippen LogP contribution in [0.1, 0.15) is 52.8 Å². The van der Waals surface area contributed by atoms with Crippen LogP contribution in [0.15, 0.2) is 24.3 Å². The normalized spacial score (nSPS) is 10.9. The van der Waals surface area contributed by atoms with Gasteiger partial charge in [-0.1, -0.05) is 6.07 Å². The molecule has 2 rings (SSSR count). The maximum Gasteiger partial charge on any atom is 0.344 e. The first-order valence-electron chi connectivity index (χ1n) is 8.77. The Morgan fingerprint density at radius 2 is 1.58 bits per heavy atom. The third-order valence-electron chi connectivity index (χ3n) is 4.22. The van der Waals surface area contributed by atoms with Gasteiger partial charge in [-0.25, -0.2) is 4.79 Å². The highest BCUT2D eigenvalue weighted by Gasteiger charge is 2.18. The number of ether oxygens (including phenoxy) is 2. The van der Waals surface area contributed by atoms with Crippen LogP contribution in [0.5, 0.6) is 5.75 Å². The fourth-order valence-corrected chi connectivity index (χ4v) is 3.28. The first-order chi connectivity index (χ1) is 12.2. The summed E-state index contributed by atoms with van der Waals surface area (Å²) in [6.07, 6.45) is 0. The van der Waals surface area contributed by atoms with Gasteiger partial charge in [0.2, 0.25) is 5.78 Å². The number of Topliss-reactive ketones (excluding diaryl/α,β-unsaturated/α-hetero) is 1. The molecule has 0 aliphatic heterocycles. The molecule has 1 aromatic carbocycles. The van der Waals surface area contributed by atoms with Crippen LogP contribution in [0, 0.1) is 27.7 Å². The number of aryl methyl sites for hydroxylation is 3. The van der Waals surface area contributed by atoms with E-state index in [0.717, 1.165) is 22.5 Å². The standard InChI is InChI=1S/C21H27NO4/c1-13(2)22-16(5)10-19(17(22)6)20(23)11-26-21(24)12-25-18-8-14(3)7-15(4)9-18/h7-10,13H,11-12H2,1-6H3. The highest BCUT2D eigenvalue weighted by atomic mass is 16.6. The van der Waals surface area contributed by atoms with Gasteiger partial charge in [0.15, 0.2) is 13.2 Å². The minimum absolute atomic E-state index is 0.204. The van der Waals surface area contributed by atoms with Crippen molar-refractivity contribution in [2.24, 2.45) is 0 Å². The van der Waals surface area contributed by atoms with Crippen molar-refractivity contribution in [1.29, 1.82) is 0 Å². The summed E-state index contributed by atoms with van der Waals surface area (Å²) in [7, 11) is 0. The van der Waals surface area contributed by atoms with Gasteiger partial charge in [0.1, 0.15) is 5.75 Å². The summed E-state index contributed by atoms with van der Waals surface area (Å²) in [5, 5.41) is 0. The molecular formula is C21H27NO4. The highest BCUT2D eigenvalue weighted by molar-refractivity contribution is 5.99. The third kappa shape index (κ3) is 4.75. The van der Waals surface area contributed by atoms with Crippen LogP contribution < -0.4 is 4.74 Å². The molecule has 1 heterocycles. The fourth-order valence-electron chi connectivity index (χ4n) is 3.28. The SMILES string of the molecule is Cc1cc(C)cc(OCC(=O)OCC(=O)c2cc(C)n(C(C)C)c2C)c1. The highest BCUT2D eigenvalue weighted by Crippen LogP contribution is 2.20. The zero-order valence-electron chi connectivity index (χ0n) is 16.4. The molecule has 0 fully saturated rings. The van der Waals surface area contributed by atoms with Crippen LogP contribution in [0.4, 0.5) is 0 Å². The van der Waals surface area contributed by atoms with Gasteiger partial charge >= 0.3 is 5.97 Å². The topological polar surface area (TPSA) is 57.5 Å². The summed E-state index contributed by atoms with van der Waals surface area (Å²) in [6.45, 7) is 11.4. The fraction of sp³-hybridized carbons (Fsp3) is 0.429. The van der Waals surface area contributed by atoms with E-state index in [1.165, 1.54) is 0 Å². The number of benzene rings is 1. The van der Waals surface area contributed by atoms with Gasteiger partial charge in [0, 0.05) is 23.0 Å². The quantitative estimate of drug-likeness (QED) is 0.553. The van der Waals surface area contributed by atoms with Gasteiger partial charge in [-0.05, 0) is 70.9 Å². The smallest absolute Gasteiger partial charge is 0.344 e. The number of rotatable bonds is 7. The lowest BCUT2D eigenvalue weighted by atomic mass is 10.1. The molecule has 0 amide bonds.